The molecule has 1 aromatic carbocycles. The van der Waals surface area contributed by atoms with Crippen molar-refractivity contribution < 1.29 is 47.8 Å². The normalized spacial score (nSPS) is 19.0. The number of ketones is 1. The lowest BCUT2D eigenvalue weighted by Crippen LogP contribution is -2.64. The van der Waals surface area contributed by atoms with Crippen LogP contribution in [0.3, 0.4) is 0 Å². The minimum absolute atomic E-state index is 0.0112. The van der Waals surface area contributed by atoms with Crippen LogP contribution < -0.4 is 10.6 Å². The van der Waals surface area contributed by atoms with Crippen LogP contribution in [0.15, 0.2) is 41.0 Å². The van der Waals surface area contributed by atoms with Crippen LogP contribution >= 0.6 is 23.2 Å². The molecule has 0 unspecified atom stereocenters. The first-order valence-corrected chi connectivity index (χ1v) is 14.4. The fourth-order valence-corrected chi connectivity index (χ4v) is 5.45. The molecule has 4 rings (SSSR count). The molecule has 16 heteroatoms. The molecule has 14 nitrogen and oxygen atoms in total. The highest BCUT2D eigenvalue weighted by atomic mass is 35.5. The van der Waals surface area contributed by atoms with Crippen molar-refractivity contribution in [2.45, 2.75) is 56.7 Å². The number of furan rings is 1. The largest absolute Gasteiger partial charge is 0.481 e. The number of carboxylic acids is 1. The van der Waals surface area contributed by atoms with Gasteiger partial charge in [0.25, 0.3) is 11.8 Å². The topological polar surface area (TPSA) is 193 Å². The number of carbonyl (C=O) groups excluding carboxylic acids is 6. The minimum Gasteiger partial charge on any atom is -0.481 e. The molecule has 44 heavy (non-hydrogen) atoms. The van der Waals surface area contributed by atoms with Crippen LogP contribution in [0.25, 0.3) is 0 Å². The summed E-state index contributed by atoms with van der Waals surface area (Å²) >= 11 is 12.0. The third-order valence-corrected chi connectivity index (χ3v) is 7.71. The molecular weight excluding hydrogens is 623 g/mol. The third-order valence-electron chi connectivity index (χ3n) is 7.08. The van der Waals surface area contributed by atoms with Gasteiger partial charge in [-0.05, 0) is 49.9 Å². The van der Waals surface area contributed by atoms with Gasteiger partial charge in [-0.2, -0.15) is 0 Å². The Balaban J connectivity index is 1.49. The van der Waals surface area contributed by atoms with Crippen LogP contribution in [0.2, 0.25) is 10.0 Å². The number of esters is 1. The number of halogens is 2. The molecule has 2 aliphatic rings. The Labute approximate surface area is 260 Å². The quantitative estimate of drug-likeness (QED) is 0.303. The predicted molar refractivity (Wildman–Crippen MR) is 151 cm³/mol. The van der Waals surface area contributed by atoms with Gasteiger partial charge in [-0.1, -0.05) is 29.3 Å². The number of benzene rings is 1. The number of ether oxygens (including phenoxy) is 1. The Morgan fingerprint density at radius 2 is 1.80 bits per heavy atom. The summed E-state index contributed by atoms with van der Waals surface area (Å²) in [6.07, 6.45) is 0.775. The van der Waals surface area contributed by atoms with Crippen molar-refractivity contribution >= 4 is 64.6 Å². The lowest BCUT2D eigenvalue weighted by atomic mass is 10.0. The molecular formula is C28H28Cl2N4O10. The molecule has 0 saturated carbocycles. The fraction of sp³-hybridized carbons (Fsp3) is 0.393. The molecule has 2 aromatic rings. The summed E-state index contributed by atoms with van der Waals surface area (Å²) in [6, 6.07) is 3.37. The maximum Gasteiger partial charge on any atom is 0.341 e. The van der Waals surface area contributed by atoms with Crippen LogP contribution in [-0.2, 0) is 28.7 Å². The van der Waals surface area contributed by atoms with Gasteiger partial charge in [0.15, 0.2) is 18.2 Å². The molecule has 2 aliphatic heterocycles. The Morgan fingerprint density at radius 3 is 2.45 bits per heavy atom. The molecule has 2 fully saturated rings. The number of nitrogens with one attached hydrogen (secondary N) is 2. The van der Waals surface area contributed by atoms with Crippen molar-refractivity contribution in [3.8, 4) is 0 Å². The summed E-state index contributed by atoms with van der Waals surface area (Å²) in [6.45, 7) is -0.696. The second-order valence-corrected chi connectivity index (χ2v) is 10.8. The van der Waals surface area contributed by atoms with Crippen molar-refractivity contribution in [1.29, 1.82) is 0 Å². The molecule has 0 radical (unpaired) electrons. The van der Waals surface area contributed by atoms with E-state index in [0.717, 1.165) is 10.0 Å². The number of carboxylic acid groups (broad SMARTS) is 1. The molecule has 2 saturated heterocycles. The number of hydrogen-bond donors (Lipinski definition) is 3. The maximum absolute atomic E-state index is 13.6. The van der Waals surface area contributed by atoms with Gasteiger partial charge in [0.2, 0.25) is 11.8 Å². The zero-order chi connectivity index (χ0) is 32.0. The molecule has 3 heterocycles. The van der Waals surface area contributed by atoms with Gasteiger partial charge in [-0.3, -0.25) is 33.8 Å². The van der Waals surface area contributed by atoms with E-state index in [0.29, 0.717) is 6.42 Å². The van der Waals surface area contributed by atoms with Gasteiger partial charge < -0.3 is 24.9 Å². The molecule has 3 atom stereocenters. The number of fused-ring (bicyclic) bond motifs is 1. The standard InChI is InChI=1S/C28H28Cl2N4O10/c29-15-4-1-5-16(30)24(15)28(42)44-14-20(35)17(9-11-23(37)38)31-25(39)19-6-2-12-33-22(36)10-8-18(27(41)34(19)33)32-26(40)21-7-3-13-43-21/h1,3-5,7,13,17-19H,2,6,8-12,14H2,(H,31,39)(H,32,40)(H,37,38)/t17-,18-,19-/m0/s1. The second-order valence-electron chi connectivity index (χ2n) is 10.0. The van der Waals surface area contributed by atoms with E-state index in [9.17, 15) is 38.7 Å². The third kappa shape index (κ3) is 7.55. The van der Waals surface area contributed by atoms with E-state index >= 15 is 0 Å². The van der Waals surface area contributed by atoms with Crippen LogP contribution in [0.4, 0.5) is 0 Å². The first-order chi connectivity index (χ1) is 21.0. The van der Waals surface area contributed by atoms with E-state index < -0.39 is 72.5 Å². The Morgan fingerprint density at radius 1 is 1.07 bits per heavy atom. The van der Waals surface area contributed by atoms with E-state index in [4.69, 9.17) is 32.4 Å². The van der Waals surface area contributed by atoms with E-state index in [2.05, 4.69) is 10.6 Å². The highest BCUT2D eigenvalue weighted by molar-refractivity contribution is 6.39. The lowest BCUT2D eigenvalue weighted by molar-refractivity contribution is -0.176. The summed E-state index contributed by atoms with van der Waals surface area (Å²) < 4.78 is 10.1. The van der Waals surface area contributed by atoms with Gasteiger partial charge in [0.05, 0.1) is 27.9 Å². The van der Waals surface area contributed by atoms with Crippen molar-refractivity contribution in [2.24, 2.45) is 0 Å². The molecule has 0 aliphatic carbocycles. The first-order valence-electron chi connectivity index (χ1n) is 13.6. The first kappa shape index (κ1) is 32.5. The second kappa shape index (κ2) is 14.4. The van der Waals surface area contributed by atoms with Gasteiger partial charge >= 0.3 is 11.9 Å². The minimum atomic E-state index is -1.42. The Kier molecular flexibility index (Phi) is 10.6. The Hall–Kier alpha value is -4.43. The predicted octanol–water partition coefficient (Wildman–Crippen LogP) is 1.99. The van der Waals surface area contributed by atoms with Crippen molar-refractivity contribution in [3.05, 3.63) is 58.0 Å². The number of amides is 4. The van der Waals surface area contributed by atoms with Gasteiger partial charge in [-0.25, -0.2) is 9.80 Å². The van der Waals surface area contributed by atoms with Crippen LogP contribution in [-0.4, -0.2) is 87.8 Å². The smallest absolute Gasteiger partial charge is 0.341 e. The average Bonchev–Trinajstić information content (AvgIpc) is 3.50. The van der Waals surface area contributed by atoms with E-state index in [1.165, 1.54) is 36.6 Å². The lowest BCUT2D eigenvalue weighted by Gasteiger charge is -2.43. The number of nitrogens with zero attached hydrogens (tertiary/aromatic N) is 2. The highest BCUT2D eigenvalue weighted by Crippen LogP contribution is 2.26. The molecule has 0 bridgehead atoms. The highest BCUT2D eigenvalue weighted by Gasteiger charge is 2.45. The molecule has 234 valence electrons. The van der Waals surface area contributed by atoms with Crippen LogP contribution in [0, 0.1) is 0 Å². The molecule has 1 aromatic heterocycles. The summed E-state index contributed by atoms with van der Waals surface area (Å²) in [7, 11) is 0. The van der Waals surface area contributed by atoms with Gasteiger partial charge in [-0.15, -0.1) is 0 Å². The zero-order valence-electron chi connectivity index (χ0n) is 23.1. The maximum atomic E-state index is 13.6. The SMILES string of the molecule is O=C(O)CC[C@H](NC(=O)[C@@H]1CCCN2C(=O)CC[C@H](NC(=O)c3ccco3)C(=O)N12)C(=O)COC(=O)c1c(Cl)cccc1Cl. The number of aliphatic carboxylic acids is 1. The van der Waals surface area contributed by atoms with Gasteiger partial charge in [0.1, 0.15) is 12.1 Å². The number of rotatable bonds is 11. The number of carbonyl (C=O) groups is 7. The van der Waals surface area contributed by atoms with Crippen molar-refractivity contribution in [2.75, 3.05) is 13.2 Å². The fourth-order valence-electron chi connectivity index (χ4n) is 4.89. The average molecular weight is 651 g/mol. The van der Waals surface area contributed by atoms with Crippen LogP contribution in [0.1, 0.15) is 59.4 Å². The van der Waals surface area contributed by atoms with Crippen molar-refractivity contribution in [1.82, 2.24) is 20.7 Å². The van der Waals surface area contributed by atoms with E-state index in [1.54, 1.807) is 0 Å². The summed E-state index contributed by atoms with van der Waals surface area (Å²) in [4.78, 5) is 89.6. The number of Topliss-reactive ketones (excluding diaryl/α,β-unsaturated/α-hetero) is 1. The Bertz CT molecular complexity index is 1440. The molecule has 0 spiro atoms. The molecule has 3 N–H and O–H groups in total. The van der Waals surface area contributed by atoms with Crippen LogP contribution in [0.5, 0.6) is 0 Å². The van der Waals surface area contributed by atoms with E-state index in [-0.39, 0.29) is 53.6 Å². The van der Waals surface area contributed by atoms with Gasteiger partial charge in [0, 0.05) is 19.4 Å². The summed E-state index contributed by atoms with van der Waals surface area (Å²) in [5, 5.41) is 16.3. The van der Waals surface area contributed by atoms with E-state index in [1.807, 2.05) is 0 Å². The monoisotopic (exact) mass is 650 g/mol. The number of hydrogen-bond acceptors (Lipinski definition) is 9. The molecule has 4 amide bonds. The van der Waals surface area contributed by atoms with Crippen molar-refractivity contribution in [3.63, 3.8) is 0 Å². The zero-order valence-corrected chi connectivity index (χ0v) is 24.6. The summed E-state index contributed by atoms with van der Waals surface area (Å²) in [5.41, 5.74) is -0.171. The summed E-state index contributed by atoms with van der Waals surface area (Å²) in [5.74, 6) is -5.79. The number of hydrazine groups is 1.